The van der Waals surface area contributed by atoms with E-state index < -0.39 is 44.0 Å². The summed E-state index contributed by atoms with van der Waals surface area (Å²) in [4.78, 5) is 4.40. The summed E-state index contributed by atoms with van der Waals surface area (Å²) in [5, 5.41) is 3.38. The standard InChI is InChI=1S/C20H18F4N4O4S/c1-31-14-7-8-15(17(22)16(14)21)33(29,30)28-11-9-27(10-12-28)19-25-18(26-32-19)20(23,24)13-5-3-2-4-6-13/h2-8H,9-12H2,1H3. The Morgan fingerprint density at radius 2 is 1.67 bits per heavy atom. The van der Waals surface area contributed by atoms with Gasteiger partial charge in [-0.05, 0) is 12.1 Å². The molecule has 1 saturated heterocycles. The van der Waals surface area contributed by atoms with Crippen molar-refractivity contribution in [3.05, 3.63) is 65.5 Å². The predicted octanol–water partition coefficient (Wildman–Crippen LogP) is 3.01. The van der Waals surface area contributed by atoms with E-state index in [0.29, 0.717) is 0 Å². The van der Waals surface area contributed by atoms with Gasteiger partial charge in [-0.3, -0.25) is 0 Å². The van der Waals surface area contributed by atoms with Crippen molar-refractivity contribution in [2.75, 3.05) is 38.2 Å². The Morgan fingerprint density at radius 1 is 1.00 bits per heavy atom. The quantitative estimate of drug-likeness (QED) is 0.495. The van der Waals surface area contributed by atoms with E-state index in [0.717, 1.165) is 23.5 Å². The fraction of sp³-hybridized carbons (Fsp3) is 0.300. The second-order valence-electron chi connectivity index (χ2n) is 7.13. The molecule has 3 aromatic rings. The van der Waals surface area contributed by atoms with Crippen molar-refractivity contribution in [3.8, 4) is 5.75 Å². The maximum absolute atomic E-state index is 14.6. The Balaban J connectivity index is 1.48. The molecule has 8 nitrogen and oxygen atoms in total. The highest BCUT2D eigenvalue weighted by Gasteiger charge is 2.40. The van der Waals surface area contributed by atoms with Crippen molar-refractivity contribution in [1.82, 2.24) is 14.4 Å². The zero-order chi connectivity index (χ0) is 23.8. The molecule has 33 heavy (non-hydrogen) atoms. The minimum atomic E-state index is -4.35. The molecule has 0 saturated carbocycles. The summed E-state index contributed by atoms with van der Waals surface area (Å²) >= 11 is 0. The van der Waals surface area contributed by atoms with Crippen LogP contribution in [-0.4, -0.2) is 56.2 Å². The van der Waals surface area contributed by atoms with Crippen LogP contribution in [0.3, 0.4) is 0 Å². The largest absolute Gasteiger partial charge is 0.494 e. The molecule has 0 amide bonds. The molecule has 1 fully saturated rings. The van der Waals surface area contributed by atoms with Gasteiger partial charge in [0, 0.05) is 31.7 Å². The van der Waals surface area contributed by atoms with Crippen LogP contribution in [0.2, 0.25) is 0 Å². The van der Waals surface area contributed by atoms with E-state index in [1.807, 2.05) is 0 Å². The molecule has 0 atom stereocenters. The van der Waals surface area contributed by atoms with Gasteiger partial charge in [0.25, 0.3) is 0 Å². The van der Waals surface area contributed by atoms with Crippen LogP contribution in [0.15, 0.2) is 51.9 Å². The van der Waals surface area contributed by atoms with Crippen LogP contribution >= 0.6 is 0 Å². The maximum Gasteiger partial charge on any atom is 0.335 e. The number of rotatable bonds is 6. The molecule has 0 spiro atoms. The number of piperazine rings is 1. The lowest BCUT2D eigenvalue weighted by Crippen LogP contribution is -2.49. The second kappa shape index (κ2) is 8.63. The lowest BCUT2D eigenvalue weighted by Gasteiger charge is -2.32. The van der Waals surface area contributed by atoms with E-state index >= 15 is 0 Å². The minimum absolute atomic E-state index is 0.0119. The third kappa shape index (κ3) is 4.13. The van der Waals surface area contributed by atoms with Gasteiger partial charge < -0.3 is 14.2 Å². The van der Waals surface area contributed by atoms with E-state index in [1.165, 1.54) is 29.2 Å². The highest BCUT2D eigenvalue weighted by atomic mass is 32.2. The Kier molecular flexibility index (Phi) is 6.01. The third-order valence-electron chi connectivity index (χ3n) is 5.19. The Labute approximate surface area is 186 Å². The first-order valence-electron chi connectivity index (χ1n) is 9.71. The number of aromatic nitrogens is 2. The van der Waals surface area contributed by atoms with E-state index in [4.69, 9.17) is 4.52 Å². The molecular weight excluding hydrogens is 468 g/mol. The van der Waals surface area contributed by atoms with Crippen LogP contribution < -0.4 is 9.64 Å². The summed E-state index contributed by atoms with van der Waals surface area (Å²) in [6.07, 6.45) is 0. The molecule has 2 aromatic carbocycles. The number of hydrogen-bond donors (Lipinski definition) is 0. The first kappa shape index (κ1) is 23.0. The monoisotopic (exact) mass is 486 g/mol. The van der Waals surface area contributed by atoms with Gasteiger partial charge in [-0.25, -0.2) is 12.8 Å². The first-order valence-corrected chi connectivity index (χ1v) is 11.1. The summed E-state index contributed by atoms with van der Waals surface area (Å²) in [6, 6.07) is 8.74. The highest BCUT2D eigenvalue weighted by molar-refractivity contribution is 7.89. The smallest absolute Gasteiger partial charge is 0.335 e. The predicted molar refractivity (Wildman–Crippen MR) is 108 cm³/mol. The lowest BCUT2D eigenvalue weighted by molar-refractivity contribution is 0.0304. The van der Waals surface area contributed by atoms with Gasteiger partial charge in [0.05, 0.1) is 7.11 Å². The lowest BCUT2D eigenvalue weighted by atomic mass is 10.1. The van der Waals surface area contributed by atoms with E-state index in [1.54, 1.807) is 6.07 Å². The third-order valence-corrected chi connectivity index (χ3v) is 7.11. The average Bonchev–Trinajstić information content (AvgIpc) is 3.32. The van der Waals surface area contributed by atoms with Crippen molar-refractivity contribution in [2.45, 2.75) is 10.8 Å². The molecule has 13 heteroatoms. The van der Waals surface area contributed by atoms with Crippen molar-refractivity contribution < 1.29 is 35.2 Å². The number of halogens is 4. The van der Waals surface area contributed by atoms with Crippen molar-refractivity contribution in [1.29, 1.82) is 0 Å². The van der Waals surface area contributed by atoms with Gasteiger partial charge in [0.15, 0.2) is 11.6 Å². The van der Waals surface area contributed by atoms with Crippen LogP contribution in [0, 0.1) is 11.6 Å². The maximum atomic E-state index is 14.6. The molecular formula is C20H18F4N4O4S. The van der Waals surface area contributed by atoms with Crippen LogP contribution in [0.5, 0.6) is 5.75 Å². The van der Waals surface area contributed by atoms with E-state index in [2.05, 4.69) is 14.9 Å². The topological polar surface area (TPSA) is 88.8 Å². The summed E-state index contributed by atoms with van der Waals surface area (Å²) in [5.41, 5.74) is -0.304. The Hall–Kier alpha value is -3.19. The summed E-state index contributed by atoms with van der Waals surface area (Å²) < 4.78 is 93.8. The minimum Gasteiger partial charge on any atom is -0.494 e. The van der Waals surface area contributed by atoms with Crippen molar-refractivity contribution in [2.24, 2.45) is 0 Å². The number of hydrogen-bond acceptors (Lipinski definition) is 7. The number of nitrogens with zero attached hydrogens (tertiary/aromatic N) is 4. The molecule has 1 aliphatic heterocycles. The van der Waals surface area contributed by atoms with Crippen LogP contribution in [0.4, 0.5) is 23.6 Å². The molecule has 1 aliphatic rings. The van der Waals surface area contributed by atoms with Crippen molar-refractivity contribution in [3.63, 3.8) is 0 Å². The molecule has 1 aromatic heterocycles. The SMILES string of the molecule is COc1ccc(S(=O)(=O)N2CCN(c3nc(C(F)(F)c4ccccc4)no3)CC2)c(F)c1F. The zero-order valence-corrected chi connectivity index (χ0v) is 18.0. The number of benzene rings is 2. The normalized spacial score (nSPS) is 15.6. The average molecular weight is 486 g/mol. The molecule has 0 radical (unpaired) electrons. The molecule has 4 rings (SSSR count). The summed E-state index contributed by atoms with van der Waals surface area (Å²) in [6.45, 7) is -0.250. The molecule has 0 bridgehead atoms. The molecule has 176 valence electrons. The van der Waals surface area contributed by atoms with Gasteiger partial charge in [0.1, 0.15) is 4.90 Å². The Bertz CT molecular complexity index is 1250. The fourth-order valence-corrected chi connectivity index (χ4v) is 4.86. The van der Waals surface area contributed by atoms with Crippen LogP contribution in [-0.2, 0) is 15.9 Å². The Morgan fingerprint density at radius 3 is 2.30 bits per heavy atom. The van der Waals surface area contributed by atoms with Gasteiger partial charge >= 0.3 is 11.9 Å². The molecule has 0 aliphatic carbocycles. The van der Waals surface area contributed by atoms with E-state index in [9.17, 15) is 26.0 Å². The molecule has 2 heterocycles. The van der Waals surface area contributed by atoms with E-state index in [-0.39, 0.29) is 37.8 Å². The second-order valence-corrected chi connectivity index (χ2v) is 9.03. The molecule has 0 unspecified atom stereocenters. The van der Waals surface area contributed by atoms with Gasteiger partial charge in [0.2, 0.25) is 21.7 Å². The number of sulfonamides is 1. The number of alkyl halides is 2. The summed E-state index contributed by atoms with van der Waals surface area (Å²) in [5.74, 6) is -7.67. The molecule has 0 N–H and O–H groups in total. The van der Waals surface area contributed by atoms with Gasteiger partial charge in [-0.2, -0.15) is 22.5 Å². The zero-order valence-electron chi connectivity index (χ0n) is 17.2. The number of anilines is 1. The van der Waals surface area contributed by atoms with Gasteiger partial charge in [-0.15, -0.1) is 0 Å². The van der Waals surface area contributed by atoms with Crippen LogP contribution in [0.1, 0.15) is 11.4 Å². The number of ether oxygens (including phenoxy) is 1. The van der Waals surface area contributed by atoms with Gasteiger partial charge in [-0.1, -0.05) is 35.5 Å². The highest BCUT2D eigenvalue weighted by Crippen LogP contribution is 2.34. The summed E-state index contributed by atoms with van der Waals surface area (Å²) in [7, 11) is -3.22. The first-order chi connectivity index (χ1) is 15.7. The number of methoxy groups -OCH3 is 1. The fourth-order valence-electron chi connectivity index (χ4n) is 3.38. The van der Waals surface area contributed by atoms with Crippen molar-refractivity contribution >= 4 is 16.0 Å². The van der Waals surface area contributed by atoms with Crippen LogP contribution in [0.25, 0.3) is 0 Å².